The van der Waals surface area contributed by atoms with Crippen LogP contribution in [0.1, 0.15) is 23.7 Å². The summed E-state index contributed by atoms with van der Waals surface area (Å²) in [6.07, 6.45) is 0.787. The second kappa shape index (κ2) is 6.74. The predicted octanol–water partition coefficient (Wildman–Crippen LogP) is 1.63. The van der Waals surface area contributed by atoms with E-state index in [4.69, 9.17) is 28.3 Å². The standard InChI is InChI=1S/C10H13Cl2N3O2/c1-2-3-15(4-5-16)10(17)7-6-8(11)13-14-9(7)12/h6,16H,2-5H2,1H3. The van der Waals surface area contributed by atoms with Crippen LogP contribution in [-0.2, 0) is 0 Å². The second-order valence-corrected chi connectivity index (χ2v) is 4.13. The maximum Gasteiger partial charge on any atom is 0.257 e. The Morgan fingerprint density at radius 2 is 2.12 bits per heavy atom. The zero-order valence-corrected chi connectivity index (χ0v) is 10.9. The van der Waals surface area contributed by atoms with Crippen molar-refractivity contribution in [3.63, 3.8) is 0 Å². The van der Waals surface area contributed by atoms with Crippen molar-refractivity contribution in [2.75, 3.05) is 19.7 Å². The van der Waals surface area contributed by atoms with Gasteiger partial charge < -0.3 is 10.0 Å². The summed E-state index contributed by atoms with van der Waals surface area (Å²) >= 11 is 11.5. The lowest BCUT2D eigenvalue weighted by molar-refractivity contribution is 0.0721. The fraction of sp³-hybridized carbons (Fsp3) is 0.500. The van der Waals surface area contributed by atoms with Gasteiger partial charge in [-0.25, -0.2) is 0 Å². The minimum Gasteiger partial charge on any atom is -0.395 e. The van der Waals surface area contributed by atoms with E-state index in [1.54, 1.807) is 0 Å². The summed E-state index contributed by atoms with van der Waals surface area (Å²) in [6.45, 7) is 2.63. The summed E-state index contributed by atoms with van der Waals surface area (Å²) in [5.74, 6) is -0.303. The number of carbonyl (C=O) groups is 1. The van der Waals surface area contributed by atoms with Crippen LogP contribution in [0.2, 0.25) is 10.3 Å². The molecule has 1 aromatic rings. The number of aliphatic hydroxyl groups is 1. The molecule has 94 valence electrons. The molecule has 0 atom stereocenters. The third kappa shape index (κ3) is 3.80. The highest BCUT2D eigenvalue weighted by Crippen LogP contribution is 2.17. The molecule has 0 unspecified atom stereocenters. The van der Waals surface area contributed by atoms with Gasteiger partial charge in [0.15, 0.2) is 10.3 Å². The van der Waals surface area contributed by atoms with Gasteiger partial charge in [0, 0.05) is 13.1 Å². The highest BCUT2D eigenvalue weighted by Gasteiger charge is 2.19. The van der Waals surface area contributed by atoms with E-state index < -0.39 is 0 Å². The lowest BCUT2D eigenvalue weighted by atomic mass is 10.2. The monoisotopic (exact) mass is 277 g/mol. The van der Waals surface area contributed by atoms with Crippen LogP contribution in [0.5, 0.6) is 0 Å². The van der Waals surface area contributed by atoms with Crippen LogP contribution in [0.25, 0.3) is 0 Å². The van der Waals surface area contributed by atoms with E-state index in [0.29, 0.717) is 6.54 Å². The third-order valence-electron chi connectivity index (χ3n) is 2.10. The molecule has 0 aliphatic heterocycles. The summed E-state index contributed by atoms with van der Waals surface area (Å²) in [7, 11) is 0. The Hall–Kier alpha value is -0.910. The average molecular weight is 278 g/mol. The van der Waals surface area contributed by atoms with Gasteiger partial charge in [-0.15, -0.1) is 10.2 Å². The molecule has 1 aromatic heterocycles. The predicted molar refractivity (Wildman–Crippen MR) is 65.3 cm³/mol. The van der Waals surface area contributed by atoms with Crippen LogP contribution >= 0.6 is 23.2 Å². The Morgan fingerprint density at radius 3 is 2.71 bits per heavy atom. The van der Waals surface area contributed by atoms with Crippen LogP contribution in [0.15, 0.2) is 6.07 Å². The topological polar surface area (TPSA) is 66.3 Å². The van der Waals surface area contributed by atoms with E-state index in [9.17, 15) is 4.79 Å². The minimum absolute atomic E-state index is 0.0124. The lowest BCUT2D eigenvalue weighted by Crippen LogP contribution is -2.34. The van der Waals surface area contributed by atoms with Crippen molar-refractivity contribution in [2.24, 2.45) is 0 Å². The van der Waals surface area contributed by atoms with E-state index >= 15 is 0 Å². The molecule has 0 saturated carbocycles. The van der Waals surface area contributed by atoms with Crippen molar-refractivity contribution in [2.45, 2.75) is 13.3 Å². The molecule has 0 bridgehead atoms. The number of aliphatic hydroxyl groups excluding tert-OH is 1. The van der Waals surface area contributed by atoms with Gasteiger partial charge >= 0.3 is 0 Å². The molecule has 1 heterocycles. The summed E-state index contributed by atoms with van der Waals surface area (Å²) < 4.78 is 0. The highest BCUT2D eigenvalue weighted by molar-refractivity contribution is 6.34. The summed E-state index contributed by atoms with van der Waals surface area (Å²) in [5.41, 5.74) is 0.202. The Labute approximate surface area is 109 Å². The number of hydrogen-bond donors (Lipinski definition) is 1. The number of halogens is 2. The molecule has 5 nitrogen and oxygen atoms in total. The molecule has 0 radical (unpaired) electrons. The fourth-order valence-corrected chi connectivity index (χ4v) is 1.70. The van der Waals surface area contributed by atoms with E-state index in [1.807, 2.05) is 6.92 Å². The molecule has 0 fully saturated rings. The normalized spacial score (nSPS) is 10.4. The van der Waals surface area contributed by atoms with Gasteiger partial charge in [-0.3, -0.25) is 4.79 Å². The van der Waals surface area contributed by atoms with Crippen molar-refractivity contribution in [1.29, 1.82) is 0 Å². The molecular formula is C10H13Cl2N3O2. The SMILES string of the molecule is CCCN(CCO)C(=O)c1cc(Cl)nnc1Cl. The molecule has 1 rings (SSSR count). The van der Waals surface area contributed by atoms with Crippen LogP contribution in [0.4, 0.5) is 0 Å². The van der Waals surface area contributed by atoms with Gasteiger partial charge in [0.25, 0.3) is 5.91 Å². The third-order valence-corrected chi connectivity index (χ3v) is 2.56. The van der Waals surface area contributed by atoms with Crippen molar-refractivity contribution < 1.29 is 9.90 Å². The van der Waals surface area contributed by atoms with Crippen molar-refractivity contribution in [1.82, 2.24) is 15.1 Å². The minimum atomic E-state index is -0.303. The number of nitrogens with zero attached hydrogens (tertiary/aromatic N) is 3. The summed E-state index contributed by atoms with van der Waals surface area (Å²) in [5, 5.41) is 16.1. The number of rotatable bonds is 5. The van der Waals surface area contributed by atoms with Crippen molar-refractivity contribution in [3.05, 3.63) is 21.9 Å². The van der Waals surface area contributed by atoms with E-state index in [2.05, 4.69) is 10.2 Å². The van der Waals surface area contributed by atoms with E-state index in [0.717, 1.165) is 6.42 Å². The number of hydrogen-bond acceptors (Lipinski definition) is 4. The zero-order chi connectivity index (χ0) is 12.8. The van der Waals surface area contributed by atoms with Gasteiger partial charge in [0.1, 0.15) is 0 Å². The number of carbonyl (C=O) groups excluding carboxylic acids is 1. The van der Waals surface area contributed by atoms with Crippen molar-refractivity contribution in [3.8, 4) is 0 Å². The first-order valence-corrected chi connectivity index (χ1v) is 5.94. The molecule has 1 N–H and O–H groups in total. The van der Waals surface area contributed by atoms with Gasteiger partial charge in [-0.1, -0.05) is 30.1 Å². The van der Waals surface area contributed by atoms with Crippen LogP contribution in [0, 0.1) is 0 Å². The molecule has 0 saturated heterocycles. The Bertz CT molecular complexity index is 395. The molecule has 1 amide bonds. The number of aromatic nitrogens is 2. The molecule has 7 heteroatoms. The van der Waals surface area contributed by atoms with Gasteiger partial charge in [-0.05, 0) is 12.5 Å². The molecule has 0 aliphatic carbocycles. The number of amides is 1. The Balaban J connectivity index is 2.95. The van der Waals surface area contributed by atoms with E-state index in [-0.39, 0.29) is 34.9 Å². The zero-order valence-electron chi connectivity index (χ0n) is 9.36. The Kier molecular flexibility index (Phi) is 5.61. The lowest BCUT2D eigenvalue weighted by Gasteiger charge is -2.21. The first kappa shape index (κ1) is 14.2. The largest absolute Gasteiger partial charge is 0.395 e. The highest BCUT2D eigenvalue weighted by atomic mass is 35.5. The molecule has 0 aliphatic rings. The maximum atomic E-state index is 12.1. The second-order valence-electron chi connectivity index (χ2n) is 3.39. The average Bonchev–Trinajstić information content (AvgIpc) is 2.31. The van der Waals surface area contributed by atoms with Gasteiger partial charge in [-0.2, -0.15) is 0 Å². The van der Waals surface area contributed by atoms with Crippen molar-refractivity contribution >= 4 is 29.1 Å². The molecule has 17 heavy (non-hydrogen) atoms. The Morgan fingerprint density at radius 1 is 1.41 bits per heavy atom. The van der Waals surface area contributed by atoms with Gasteiger partial charge in [0.2, 0.25) is 0 Å². The first-order chi connectivity index (χ1) is 8.10. The molecule has 0 aromatic carbocycles. The van der Waals surface area contributed by atoms with Crippen LogP contribution in [0.3, 0.4) is 0 Å². The fourth-order valence-electron chi connectivity index (χ4n) is 1.38. The quantitative estimate of drug-likeness (QED) is 0.889. The maximum absolute atomic E-state index is 12.1. The summed E-state index contributed by atoms with van der Waals surface area (Å²) in [6, 6.07) is 1.37. The first-order valence-electron chi connectivity index (χ1n) is 5.19. The smallest absolute Gasteiger partial charge is 0.257 e. The summed E-state index contributed by atoms with van der Waals surface area (Å²) in [4.78, 5) is 13.6. The molecule has 0 spiro atoms. The molecular weight excluding hydrogens is 265 g/mol. The van der Waals surface area contributed by atoms with Crippen LogP contribution in [-0.4, -0.2) is 45.8 Å². The van der Waals surface area contributed by atoms with Crippen LogP contribution < -0.4 is 0 Å². The van der Waals surface area contributed by atoms with E-state index in [1.165, 1.54) is 11.0 Å². The van der Waals surface area contributed by atoms with Gasteiger partial charge in [0.05, 0.1) is 12.2 Å².